The van der Waals surface area contributed by atoms with Crippen molar-refractivity contribution in [1.29, 1.82) is 0 Å². The number of rotatable bonds is 3. The number of hydrogen-bond donors (Lipinski definition) is 2. The molecule has 114 valence electrons. The Morgan fingerprint density at radius 1 is 1.15 bits per heavy atom. The fraction of sp³-hybridized carbons (Fsp3) is 0.833. The molecule has 2 fully saturated rings. The van der Waals surface area contributed by atoms with Crippen LogP contribution in [0.1, 0.15) is 25.7 Å². The van der Waals surface area contributed by atoms with Gasteiger partial charge in [-0.2, -0.15) is 0 Å². The second-order valence-electron chi connectivity index (χ2n) is 5.59. The minimum atomic E-state index is -3.02. The molecule has 0 aromatic rings. The summed E-state index contributed by atoms with van der Waals surface area (Å²) in [5.74, 6) is -0.911. The van der Waals surface area contributed by atoms with Crippen molar-refractivity contribution in [3.8, 4) is 0 Å². The lowest BCUT2D eigenvalue weighted by Gasteiger charge is -2.29. The number of carbonyl (C=O) groups is 2. The van der Waals surface area contributed by atoms with E-state index in [9.17, 15) is 23.1 Å². The molecule has 2 rings (SSSR count). The van der Waals surface area contributed by atoms with E-state index < -0.39 is 21.2 Å². The van der Waals surface area contributed by atoms with E-state index in [0.717, 1.165) is 12.8 Å². The SMILES string of the molecule is O=C(NCC1(C(=O)O)CCCC1)N1CCS(=O)(=O)CC1. The highest BCUT2D eigenvalue weighted by molar-refractivity contribution is 7.91. The highest BCUT2D eigenvalue weighted by Crippen LogP contribution is 2.37. The second-order valence-corrected chi connectivity index (χ2v) is 7.89. The lowest BCUT2D eigenvalue weighted by molar-refractivity contribution is -0.148. The van der Waals surface area contributed by atoms with Gasteiger partial charge in [0.1, 0.15) is 0 Å². The Morgan fingerprint density at radius 3 is 2.20 bits per heavy atom. The molecule has 0 aromatic carbocycles. The molecule has 1 saturated carbocycles. The van der Waals surface area contributed by atoms with Gasteiger partial charge in [0.05, 0.1) is 16.9 Å². The lowest BCUT2D eigenvalue weighted by atomic mass is 9.86. The molecule has 8 heteroatoms. The van der Waals surface area contributed by atoms with Gasteiger partial charge in [-0.25, -0.2) is 13.2 Å². The molecular weight excluding hydrogens is 284 g/mol. The van der Waals surface area contributed by atoms with Crippen LogP contribution in [0.4, 0.5) is 4.79 Å². The Bertz CT molecular complexity index is 482. The first kappa shape index (κ1) is 15.1. The molecule has 7 nitrogen and oxygen atoms in total. The third-order valence-electron chi connectivity index (χ3n) is 4.22. The zero-order valence-corrected chi connectivity index (χ0v) is 12.1. The Hall–Kier alpha value is -1.31. The Balaban J connectivity index is 1.87. The predicted octanol–water partition coefficient (Wildman–Crippen LogP) is 0.0714. The average molecular weight is 304 g/mol. The van der Waals surface area contributed by atoms with Crippen LogP contribution in [0.2, 0.25) is 0 Å². The number of carbonyl (C=O) groups excluding carboxylic acids is 1. The summed E-state index contributed by atoms with van der Waals surface area (Å²) in [6, 6.07) is -0.368. The van der Waals surface area contributed by atoms with Crippen molar-refractivity contribution >= 4 is 21.8 Å². The molecule has 1 aliphatic carbocycles. The van der Waals surface area contributed by atoms with Crippen LogP contribution < -0.4 is 5.32 Å². The highest BCUT2D eigenvalue weighted by Gasteiger charge is 2.41. The molecule has 2 aliphatic rings. The maximum Gasteiger partial charge on any atom is 0.317 e. The number of hydrogen-bond acceptors (Lipinski definition) is 4. The predicted molar refractivity (Wildman–Crippen MR) is 72.2 cm³/mol. The minimum Gasteiger partial charge on any atom is -0.481 e. The van der Waals surface area contributed by atoms with Crippen molar-refractivity contribution < 1.29 is 23.1 Å². The second kappa shape index (κ2) is 5.59. The van der Waals surface area contributed by atoms with Gasteiger partial charge >= 0.3 is 12.0 Å². The molecule has 0 bridgehead atoms. The van der Waals surface area contributed by atoms with E-state index in [-0.39, 0.29) is 37.2 Å². The monoisotopic (exact) mass is 304 g/mol. The van der Waals surface area contributed by atoms with Gasteiger partial charge < -0.3 is 15.3 Å². The number of aliphatic carboxylic acids is 1. The fourth-order valence-corrected chi connectivity index (χ4v) is 3.99. The quantitative estimate of drug-likeness (QED) is 0.768. The van der Waals surface area contributed by atoms with Gasteiger partial charge in [0.2, 0.25) is 0 Å². The molecule has 0 spiro atoms. The molecule has 1 aliphatic heterocycles. The van der Waals surface area contributed by atoms with E-state index in [4.69, 9.17) is 0 Å². The number of carboxylic acid groups (broad SMARTS) is 1. The molecule has 0 atom stereocenters. The molecule has 20 heavy (non-hydrogen) atoms. The molecular formula is C12H20N2O5S. The Labute approximate surface area is 118 Å². The average Bonchev–Trinajstić information content (AvgIpc) is 2.86. The molecule has 0 unspecified atom stereocenters. The standard InChI is InChI=1S/C12H20N2O5S/c15-10(16)12(3-1-2-4-12)9-13-11(17)14-5-7-20(18,19)8-6-14/h1-9H2,(H,13,17)(H,15,16). The van der Waals surface area contributed by atoms with Crippen LogP contribution in [0.15, 0.2) is 0 Å². The summed E-state index contributed by atoms with van der Waals surface area (Å²) in [4.78, 5) is 24.7. The number of urea groups is 1. The number of nitrogens with zero attached hydrogens (tertiary/aromatic N) is 1. The lowest BCUT2D eigenvalue weighted by Crippen LogP contribution is -2.51. The Morgan fingerprint density at radius 2 is 1.70 bits per heavy atom. The van der Waals surface area contributed by atoms with E-state index in [0.29, 0.717) is 12.8 Å². The fourth-order valence-electron chi connectivity index (χ4n) is 2.79. The van der Waals surface area contributed by atoms with Gasteiger partial charge in [-0.1, -0.05) is 12.8 Å². The first-order valence-electron chi connectivity index (χ1n) is 6.81. The number of carboxylic acids is 1. The van der Waals surface area contributed by atoms with E-state index in [1.54, 1.807) is 0 Å². The van der Waals surface area contributed by atoms with Crippen LogP contribution in [-0.4, -0.2) is 61.6 Å². The molecule has 2 amide bonds. The van der Waals surface area contributed by atoms with E-state index in [1.165, 1.54) is 4.90 Å². The van der Waals surface area contributed by atoms with Crippen LogP contribution in [0, 0.1) is 5.41 Å². The van der Waals surface area contributed by atoms with Crippen molar-refractivity contribution in [2.24, 2.45) is 5.41 Å². The summed E-state index contributed by atoms with van der Waals surface area (Å²) in [7, 11) is -3.02. The van der Waals surface area contributed by atoms with Crippen LogP contribution in [-0.2, 0) is 14.6 Å². The van der Waals surface area contributed by atoms with Crippen LogP contribution in [0.3, 0.4) is 0 Å². The number of amides is 2. The van der Waals surface area contributed by atoms with Crippen molar-refractivity contribution in [2.45, 2.75) is 25.7 Å². The Kier molecular flexibility index (Phi) is 4.22. The van der Waals surface area contributed by atoms with E-state index in [1.807, 2.05) is 0 Å². The van der Waals surface area contributed by atoms with Crippen molar-refractivity contribution in [3.05, 3.63) is 0 Å². The highest BCUT2D eigenvalue weighted by atomic mass is 32.2. The minimum absolute atomic E-state index is 0.0233. The summed E-state index contributed by atoms with van der Waals surface area (Å²) in [6.45, 7) is 0.465. The van der Waals surface area contributed by atoms with Gasteiger partial charge in [-0.3, -0.25) is 4.79 Å². The first-order chi connectivity index (χ1) is 9.35. The largest absolute Gasteiger partial charge is 0.481 e. The van der Waals surface area contributed by atoms with Gasteiger partial charge in [0.25, 0.3) is 0 Å². The van der Waals surface area contributed by atoms with Crippen LogP contribution in [0.5, 0.6) is 0 Å². The van der Waals surface area contributed by atoms with E-state index >= 15 is 0 Å². The van der Waals surface area contributed by atoms with Crippen molar-refractivity contribution in [1.82, 2.24) is 10.2 Å². The smallest absolute Gasteiger partial charge is 0.317 e. The normalized spacial score (nSPS) is 24.3. The zero-order chi connectivity index (χ0) is 14.8. The third kappa shape index (κ3) is 3.23. The van der Waals surface area contributed by atoms with Crippen LogP contribution >= 0.6 is 0 Å². The molecule has 1 heterocycles. The van der Waals surface area contributed by atoms with Crippen molar-refractivity contribution in [2.75, 3.05) is 31.1 Å². The molecule has 0 aromatic heterocycles. The van der Waals surface area contributed by atoms with Crippen LogP contribution in [0.25, 0.3) is 0 Å². The summed E-state index contributed by atoms with van der Waals surface area (Å²) in [5, 5.41) is 12.0. The van der Waals surface area contributed by atoms with Crippen molar-refractivity contribution in [3.63, 3.8) is 0 Å². The third-order valence-corrected chi connectivity index (χ3v) is 5.83. The maximum absolute atomic E-state index is 12.0. The van der Waals surface area contributed by atoms with Gasteiger partial charge in [-0.05, 0) is 12.8 Å². The molecule has 0 radical (unpaired) electrons. The number of sulfone groups is 1. The molecule has 2 N–H and O–H groups in total. The van der Waals surface area contributed by atoms with E-state index in [2.05, 4.69) is 5.32 Å². The summed E-state index contributed by atoms with van der Waals surface area (Å²) in [6.07, 6.45) is 2.89. The van der Waals surface area contributed by atoms with Gasteiger partial charge in [0, 0.05) is 19.6 Å². The number of nitrogens with one attached hydrogen (secondary N) is 1. The first-order valence-corrected chi connectivity index (χ1v) is 8.63. The maximum atomic E-state index is 12.0. The van der Waals surface area contributed by atoms with Gasteiger partial charge in [-0.15, -0.1) is 0 Å². The zero-order valence-electron chi connectivity index (χ0n) is 11.3. The summed E-state index contributed by atoms with van der Waals surface area (Å²) >= 11 is 0. The van der Waals surface area contributed by atoms with Gasteiger partial charge in [0.15, 0.2) is 9.84 Å². The topological polar surface area (TPSA) is 104 Å². The summed E-state index contributed by atoms with van der Waals surface area (Å²) < 4.78 is 22.6. The summed E-state index contributed by atoms with van der Waals surface area (Å²) in [5.41, 5.74) is -0.850. The molecule has 1 saturated heterocycles.